The van der Waals surface area contributed by atoms with Crippen LogP contribution in [0.4, 0.5) is 5.69 Å². The Balaban J connectivity index is 1.47. The van der Waals surface area contributed by atoms with E-state index in [4.69, 9.17) is 16.1 Å². The Bertz CT molecular complexity index is 1530. The van der Waals surface area contributed by atoms with Crippen LogP contribution in [-0.2, 0) is 4.79 Å². The van der Waals surface area contributed by atoms with Crippen molar-refractivity contribution >= 4 is 39.7 Å². The van der Waals surface area contributed by atoms with Crippen molar-refractivity contribution in [3.63, 3.8) is 0 Å². The predicted molar refractivity (Wildman–Crippen MR) is 151 cm³/mol. The van der Waals surface area contributed by atoms with Crippen LogP contribution < -0.4 is 11.1 Å². The van der Waals surface area contributed by atoms with E-state index in [-0.39, 0.29) is 17.5 Å². The van der Waals surface area contributed by atoms with E-state index in [2.05, 4.69) is 34.4 Å². The fourth-order valence-corrected chi connectivity index (χ4v) is 5.42. The summed E-state index contributed by atoms with van der Waals surface area (Å²) < 4.78 is 0. The molecule has 1 aliphatic carbocycles. The Morgan fingerprint density at radius 3 is 2.89 bits per heavy atom. The van der Waals surface area contributed by atoms with Crippen molar-refractivity contribution in [2.75, 3.05) is 5.73 Å². The Hall–Kier alpha value is -4.04. The molecule has 1 aromatic carbocycles. The molecule has 1 aliphatic rings. The molecule has 37 heavy (non-hydrogen) atoms. The minimum atomic E-state index is 0.0298. The molecular weight excluding hydrogens is 480 g/mol. The van der Waals surface area contributed by atoms with Crippen molar-refractivity contribution < 1.29 is 4.79 Å². The van der Waals surface area contributed by atoms with Gasteiger partial charge in [0.05, 0.1) is 11.7 Å². The normalized spacial score (nSPS) is 15.4. The van der Waals surface area contributed by atoms with E-state index in [9.17, 15) is 4.79 Å². The maximum absolute atomic E-state index is 12.2. The SMILES string of the molecule is CCCC(=O)NC1=CC(c2ccc(N)c(C(=N)c3nc4c(-c5cccs5)cncc4[nH]3)c2)CC(CC)=C1. The maximum Gasteiger partial charge on any atom is 0.224 e. The van der Waals surface area contributed by atoms with Gasteiger partial charge in [-0.1, -0.05) is 37.6 Å². The number of benzene rings is 1. The third-order valence-electron chi connectivity index (χ3n) is 6.63. The lowest BCUT2D eigenvalue weighted by Crippen LogP contribution is -2.23. The van der Waals surface area contributed by atoms with E-state index in [0.29, 0.717) is 23.5 Å². The first kappa shape index (κ1) is 24.6. The molecule has 1 atom stereocenters. The van der Waals surface area contributed by atoms with Gasteiger partial charge in [0.25, 0.3) is 0 Å². The number of hydrogen-bond donors (Lipinski definition) is 4. The van der Waals surface area contributed by atoms with Gasteiger partial charge in [-0.25, -0.2) is 4.98 Å². The third-order valence-corrected chi connectivity index (χ3v) is 7.53. The number of hydrogen-bond acceptors (Lipinski definition) is 6. The minimum absolute atomic E-state index is 0.0298. The molecule has 5 N–H and O–H groups in total. The number of aromatic nitrogens is 3. The van der Waals surface area contributed by atoms with E-state index in [1.165, 1.54) is 5.57 Å². The summed E-state index contributed by atoms with van der Waals surface area (Å²) in [4.78, 5) is 25.7. The molecule has 0 spiro atoms. The van der Waals surface area contributed by atoms with Gasteiger partial charge < -0.3 is 16.0 Å². The quantitative estimate of drug-likeness (QED) is 0.164. The number of rotatable bonds is 8. The molecule has 3 heterocycles. The van der Waals surface area contributed by atoms with Crippen LogP contribution in [-0.4, -0.2) is 26.6 Å². The molecule has 8 heteroatoms. The second kappa shape index (κ2) is 10.5. The zero-order valence-electron chi connectivity index (χ0n) is 21.0. The lowest BCUT2D eigenvalue weighted by atomic mass is 9.85. The smallest absolute Gasteiger partial charge is 0.224 e. The lowest BCUT2D eigenvalue weighted by Gasteiger charge is -2.23. The van der Waals surface area contributed by atoms with Gasteiger partial charge in [-0.15, -0.1) is 11.3 Å². The molecule has 0 bridgehead atoms. The second-order valence-corrected chi connectivity index (χ2v) is 10.2. The zero-order chi connectivity index (χ0) is 25.9. The highest BCUT2D eigenvalue weighted by atomic mass is 32.1. The maximum atomic E-state index is 12.2. The predicted octanol–water partition coefficient (Wildman–Crippen LogP) is 6.31. The molecule has 3 aromatic heterocycles. The zero-order valence-corrected chi connectivity index (χ0v) is 21.8. The number of nitrogens with zero attached hydrogens (tertiary/aromatic N) is 2. The summed E-state index contributed by atoms with van der Waals surface area (Å²) in [6.07, 6.45) is 10.8. The van der Waals surface area contributed by atoms with Gasteiger partial charge in [0.15, 0.2) is 5.82 Å². The number of aromatic amines is 1. The van der Waals surface area contributed by atoms with Crippen molar-refractivity contribution in [2.24, 2.45) is 0 Å². The molecule has 7 nitrogen and oxygen atoms in total. The van der Waals surface area contributed by atoms with Crippen molar-refractivity contribution in [3.05, 3.63) is 88.5 Å². The summed E-state index contributed by atoms with van der Waals surface area (Å²) in [6.45, 7) is 4.13. The number of thiophene rings is 1. The number of H-pyrrole nitrogens is 1. The van der Waals surface area contributed by atoms with Crippen LogP contribution in [0.15, 0.2) is 71.5 Å². The van der Waals surface area contributed by atoms with E-state index in [1.807, 2.05) is 48.8 Å². The summed E-state index contributed by atoms with van der Waals surface area (Å²) in [5, 5.41) is 14.1. The highest BCUT2D eigenvalue weighted by Crippen LogP contribution is 2.34. The molecule has 1 amide bonds. The van der Waals surface area contributed by atoms with Crippen LogP contribution in [0.1, 0.15) is 62.4 Å². The Morgan fingerprint density at radius 1 is 1.27 bits per heavy atom. The number of anilines is 1. The molecule has 188 valence electrons. The summed E-state index contributed by atoms with van der Waals surface area (Å²) in [5.74, 6) is 0.557. The molecule has 0 fully saturated rings. The van der Waals surface area contributed by atoms with Crippen molar-refractivity contribution in [1.82, 2.24) is 20.3 Å². The first-order valence-electron chi connectivity index (χ1n) is 12.5. The fraction of sp³-hybridized carbons (Fsp3) is 0.241. The van der Waals surface area contributed by atoms with E-state index in [1.54, 1.807) is 17.5 Å². The molecule has 1 unspecified atom stereocenters. The summed E-state index contributed by atoms with van der Waals surface area (Å²) >= 11 is 1.63. The van der Waals surface area contributed by atoms with Gasteiger partial charge in [0.1, 0.15) is 11.2 Å². The van der Waals surface area contributed by atoms with Gasteiger partial charge >= 0.3 is 0 Å². The lowest BCUT2D eigenvalue weighted by molar-refractivity contribution is -0.120. The highest BCUT2D eigenvalue weighted by molar-refractivity contribution is 7.13. The molecule has 5 rings (SSSR count). The van der Waals surface area contributed by atoms with Crippen LogP contribution in [0.5, 0.6) is 0 Å². The molecule has 0 aliphatic heterocycles. The van der Waals surface area contributed by atoms with Gasteiger partial charge in [0, 0.05) is 45.9 Å². The van der Waals surface area contributed by atoms with E-state index < -0.39 is 0 Å². The van der Waals surface area contributed by atoms with E-state index >= 15 is 0 Å². The van der Waals surface area contributed by atoms with Crippen LogP contribution >= 0.6 is 11.3 Å². The highest BCUT2D eigenvalue weighted by Gasteiger charge is 2.21. The average molecular weight is 511 g/mol. The first-order valence-corrected chi connectivity index (χ1v) is 13.4. The number of carbonyl (C=O) groups excluding carboxylic acids is 1. The van der Waals surface area contributed by atoms with Crippen LogP contribution in [0.25, 0.3) is 21.5 Å². The Labute approximate surface area is 220 Å². The number of allylic oxidation sites excluding steroid dienone is 3. The van der Waals surface area contributed by atoms with Gasteiger partial charge in [-0.3, -0.25) is 15.2 Å². The molecule has 0 saturated heterocycles. The summed E-state index contributed by atoms with van der Waals surface area (Å²) in [6, 6.07) is 9.88. The number of fused-ring (bicyclic) bond motifs is 1. The van der Waals surface area contributed by atoms with Crippen molar-refractivity contribution in [3.8, 4) is 10.4 Å². The average Bonchev–Trinajstić information content (AvgIpc) is 3.59. The summed E-state index contributed by atoms with van der Waals surface area (Å²) in [7, 11) is 0. The Kier molecular flexibility index (Phi) is 7.01. The number of nitrogen functional groups attached to an aromatic ring is 1. The molecule has 4 aromatic rings. The fourth-order valence-electron chi connectivity index (χ4n) is 4.69. The van der Waals surface area contributed by atoms with Crippen molar-refractivity contribution in [1.29, 1.82) is 5.41 Å². The first-order chi connectivity index (χ1) is 18.0. The summed E-state index contributed by atoms with van der Waals surface area (Å²) in [5.41, 5.74) is 13.4. The van der Waals surface area contributed by atoms with Gasteiger partial charge in [-0.05, 0) is 54.5 Å². The van der Waals surface area contributed by atoms with Gasteiger partial charge in [-0.2, -0.15) is 0 Å². The van der Waals surface area contributed by atoms with Crippen LogP contribution in [0.3, 0.4) is 0 Å². The molecule has 0 radical (unpaired) electrons. The Morgan fingerprint density at radius 2 is 2.14 bits per heavy atom. The van der Waals surface area contributed by atoms with Crippen LogP contribution in [0.2, 0.25) is 0 Å². The number of imidazole rings is 1. The number of nitrogens with one attached hydrogen (secondary N) is 3. The standard InChI is InChI=1S/C29H30N6OS/c1-3-6-26(36)33-20-12-17(4-2)11-19(13-20)18-8-9-23(30)21(14-18)27(31)29-34-24-16-32-15-22(28(24)35-29)25-7-5-10-37-25/h5,7-10,12-16,19,31H,3-4,6,11,30H2,1-2H3,(H,33,36)(H,34,35). The van der Waals surface area contributed by atoms with Crippen molar-refractivity contribution in [2.45, 2.75) is 45.4 Å². The number of nitrogens with two attached hydrogens (primary N) is 1. The number of amides is 1. The minimum Gasteiger partial charge on any atom is -0.398 e. The van der Waals surface area contributed by atoms with E-state index in [0.717, 1.165) is 52.0 Å². The number of carbonyl (C=O) groups is 1. The van der Waals surface area contributed by atoms with Crippen LogP contribution in [0, 0.1) is 5.41 Å². The molecular formula is C29H30N6OS. The third kappa shape index (κ3) is 5.11. The second-order valence-electron chi connectivity index (χ2n) is 9.25. The molecule has 0 saturated carbocycles. The monoisotopic (exact) mass is 510 g/mol. The number of pyridine rings is 1. The topological polar surface area (TPSA) is 121 Å². The van der Waals surface area contributed by atoms with Gasteiger partial charge in [0.2, 0.25) is 5.91 Å². The largest absolute Gasteiger partial charge is 0.398 e.